The Morgan fingerprint density at radius 2 is 2.11 bits per heavy atom. The van der Waals surface area contributed by atoms with Gasteiger partial charge in [0.05, 0.1) is 0 Å². The van der Waals surface area contributed by atoms with E-state index in [9.17, 15) is 4.79 Å². The van der Waals surface area contributed by atoms with Gasteiger partial charge in [0, 0.05) is 29.8 Å². The second-order valence-corrected chi connectivity index (χ2v) is 7.86. The fourth-order valence-electron chi connectivity index (χ4n) is 4.76. The number of amides is 1. The third-order valence-electron chi connectivity index (χ3n) is 6.13. The molecule has 1 amide bonds. The summed E-state index contributed by atoms with van der Waals surface area (Å²) in [4.78, 5) is 17.7. The molecule has 2 aromatic rings. The van der Waals surface area contributed by atoms with Crippen LogP contribution in [0.25, 0.3) is 5.57 Å². The van der Waals surface area contributed by atoms with Crippen LogP contribution in [0.4, 0.5) is 0 Å². The number of carbonyl (C=O) groups excluding carboxylic acids is 1. The van der Waals surface area contributed by atoms with Gasteiger partial charge in [0.1, 0.15) is 5.69 Å². The summed E-state index contributed by atoms with van der Waals surface area (Å²) in [5.74, 6) is -0.393. The van der Waals surface area contributed by atoms with Crippen molar-refractivity contribution in [3.63, 3.8) is 0 Å². The summed E-state index contributed by atoms with van der Waals surface area (Å²) in [5.41, 5.74) is 12.5. The average Bonchev–Trinajstić information content (AvgIpc) is 3.17. The number of hydrogen-bond donors (Lipinski definition) is 2. The van der Waals surface area contributed by atoms with Gasteiger partial charge in [-0.15, -0.1) is 0 Å². The van der Waals surface area contributed by atoms with Crippen LogP contribution in [0.15, 0.2) is 54.1 Å². The lowest BCUT2D eigenvalue weighted by Crippen LogP contribution is -2.42. The number of fused-ring (bicyclic) bond motifs is 2. The molecular formula is C24H29N3O. The summed E-state index contributed by atoms with van der Waals surface area (Å²) < 4.78 is 0. The Kier molecular flexibility index (Phi) is 5.23. The first-order chi connectivity index (χ1) is 13.6. The van der Waals surface area contributed by atoms with Crippen molar-refractivity contribution in [2.24, 2.45) is 5.73 Å². The molecule has 0 fully saturated rings. The van der Waals surface area contributed by atoms with Crippen LogP contribution in [0.1, 0.15) is 66.5 Å². The smallest absolute Gasteiger partial charge is 0.265 e. The third-order valence-corrected chi connectivity index (χ3v) is 6.13. The molecule has 28 heavy (non-hydrogen) atoms. The molecule has 4 nitrogen and oxygen atoms in total. The molecule has 0 radical (unpaired) electrons. The van der Waals surface area contributed by atoms with Crippen molar-refractivity contribution in [3.05, 3.63) is 76.6 Å². The average molecular weight is 376 g/mol. The standard InChI is InChI=1S/C24H29N3O/c1-3-13-27(16(2)17-9-5-4-6-10-17)23-15-21-20(14-22(26-21)24(25)28)18-11-7-8-12-19(18)23/h4-7,9-11,14,16,23,26H,3,8,12-13,15H2,1-2H3,(H2,25,28)/t16?,23-/m0/s1. The van der Waals surface area contributed by atoms with Gasteiger partial charge < -0.3 is 10.7 Å². The minimum atomic E-state index is -0.393. The number of benzene rings is 1. The van der Waals surface area contributed by atoms with Gasteiger partial charge in [-0.05, 0) is 55.5 Å². The first-order valence-electron chi connectivity index (χ1n) is 10.3. The number of H-pyrrole nitrogens is 1. The summed E-state index contributed by atoms with van der Waals surface area (Å²) in [5, 5.41) is 0. The molecule has 0 saturated heterocycles. The monoisotopic (exact) mass is 375 g/mol. The number of nitrogens with zero attached hydrogens (tertiary/aromatic N) is 1. The molecule has 4 rings (SSSR count). The highest BCUT2D eigenvalue weighted by molar-refractivity contribution is 5.94. The molecule has 1 unspecified atom stereocenters. The summed E-state index contributed by atoms with van der Waals surface area (Å²) in [7, 11) is 0. The Morgan fingerprint density at radius 3 is 2.82 bits per heavy atom. The van der Waals surface area contributed by atoms with Crippen LogP contribution < -0.4 is 5.73 Å². The highest BCUT2D eigenvalue weighted by Gasteiger charge is 2.34. The largest absolute Gasteiger partial charge is 0.364 e. The number of nitrogens with one attached hydrogen (secondary N) is 1. The van der Waals surface area contributed by atoms with Gasteiger partial charge in [0.2, 0.25) is 0 Å². The van der Waals surface area contributed by atoms with Crippen molar-refractivity contribution in [1.82, 2.24) is 9.88 Å². The Balaban J connectivity index is 1.76. The van der Waals surface area contributed by atoms with Crippen LogP contribution in [0.5, 0.6) is 0 Å². The Bertz CT molecular complexity index is 923. The lowest BCUT2D eigenvalue weighted by Gasteiger charge is -2.41. The first-order valence-corrected chi connectivity index (χ1v) is 10.3. The van der Waals surface area contributed by atoms with Gasteiger partial charge in [0.15, 0.2) is 0 Å². The van der Waals surface area contributed by atoms with Crippen LogP contribution in [0.3, 0.4) is 0 Å². The van der Waals surface area contributed by atoms with E-state index < -0.39 is 5.91 Å². The minimum absolute atomic E-state index is 0.331. The van der Waals surface area contributed by atoms with E-state index in [0.29, 0.717) is 17.8 Å². The zero-order valence-electron chi connectivity index (χ0n) is 16.7. The zero-order chi connectivity index (χ0) is 19.7. The Hall–Kier alpha value is -2.59. The zero-order valence-corrected chi connectivity index (χ0v) is 16.7. The molecule has 0 spiro atoms. The fraction of sp³-hybridized carbons (Fsp3) is 0.375. The van der Waals surface area contributed by atoms with Gasteiger partial charge in [-0.1, -0.05) is 49.4 Å². The number of primary amides is 1. The lowest BCUT2D eigenvalue weighted by atomic mass is 9.80. The number of aromatic amines is 1. The van der Waals surface area contributed by atoms with Crippen LogP contribution in [-0.4, -0.2) is 28.4 Å². The summed E-state index contributed by atoms with van der Waals surface area (Å²) in [6.45, 7) is 5.60. The van der Waals surface area contributed by atoms with Crippen LogP contribution in [0.2, 0.25) is 0 Å². The van der Waals surface area contributed by atoms with E-state index in [2.05, 4.69) is 66.2 Å². The van der Waals surface area contributed by atoms with Crippen molar-refractivity contribution in [1.29, 1.82) is 0 Å². The maximum atomic E-state index is 11.7. The number of rotatable bonds is 6. The quantitative estimate of drug-likeness (QED) is 0.774. The second-order valence-electron chi connectivity index (χ2n) is 7.86. The number of carbonyl (C=O) groups is 1. The summed E-state index contributed by atoms with van der Waals surface area (Å²) in [6.07, 6.45) is 8.64. The van der Waals surface area contributed by atoms with E-state index >= 15 is 0 Å². The molecule has 3 N–H and O–H groups in total. The lowest BCUT2D eigenvalue weighted by molar-refractivity contribution is 0.0996. The molecule has 2 aliphatic rings. The molecule has 2 atom stereocenters. The van der Waals surface area contributed by atoms with Crippen molar-refractivity contribution >= 4 is 11.5 Å². The van der Waals surface area contributed by atoms with Crippen molar-refractivity contribution < 1.29 is 4.79 Å². The molecular weight excluding hydrogens is 346 g/mol. The van der Waals surface area contributed by atoms with Gasteiger partial charge >= 0.3 is 0 Å². The van der Waals surface area contributed by atoms with Gasteiger partial charge in [-0.25, -0.2) is 0 Å². The van der Waals surface area contributed by atoms with Gasteiger partial charge in [-0.2, -0.15) is 0 Å². The molecule has 146 valence electrons. The van der Waals surface area contributed by atoms with Crippen molar-refractivity contribution in [3.8, 4) is 0 Å². The van der Waals surface area contributed by atoms with E-state index in [4.69, 9.17) is 5.73 Å². The van der Waals surface area contributed by atoms with E-state index in [1.807, 2.05) is 6.07 Å². The number of hydrogen-bond acceptors (Lipinski definition) is 2. The van der Waals surface area contributed by atoms with Crippen molar-refractivity contribution in [2.75, 3.05) is 6.54 Å². The number of aromatic nitrogens is 1. The Labute approximate surface area is 167 Å². The fourth-order valence-corrected chi connectivity index (χ4v) is 4.76. The van der Waals surface area contributed by atoms with Crippen molar-refractivity contribution in [2.45, 2.75) is 51.6 Å². The van der Waals surface area contributed by atoms with E-state index in [-0.39, 0.29) is 0 Å². The van der Waals surface area contributed by atoms with Crippen LogP contribution >= 0.6 is 0 Å². The first kappa shape index (κ1) is 18.8. The van der Waals surface area contributed by atoms with Gasteiger partial charge in [-0.3, -0.25) is 9.69 Å². The minimum Gasteiger partial charge on any atom is -0.364 e. The number of nitrogens with two attached hydrogens (primary N) is 1. The summed E-state index contributed by atoms with van der Waals surface area (Å²) in [6, 6.07) is 13.4. The molecule has 1 heterocycles. The Morgan fingerprint density at radius 1 is 1.32 bits per heavy atom. The predicted octanol–water partition coefficient (Wildman–Crippen LogP) is 4.62. The third kappa shape index (κ3) is 3.33. The maximum Gasteiger partial charge on any atom is 0.265 e. The molecule has 0 aliphatic heterocycles. The number of allylic oxidation sites excluding steroid dienone is 3. The molecule has 0 bridgehead atoms. The van der Waals surface area contributed by atoms with Crippen LogP contribution in [0, 0.1) is 0 Å². The van der Waals surface area contributed by atoms with Crippen LogP contribution in [-0.2, 0) is 6.42 Å². The summed E-state index contributed by atoms with van der Waals surface area (Å²) >= 11 is 0. The topological polar surface area (TPSA) is 62.1 Å². The molecule has 2 aliphatic carbocycles. The molecule has 1 aromatic heterocycles. The second kappa shape index (κ2) is 7.80. The highest BCUT2D eigenvalue weighted by Crippen LogP contribution is 2.41. The van der Waals surface area contributed by atoms with E-state index in [1.165, 1.54) is 16.7 Å². The van der Waals surface area contributed by atoms with E-state index in [0.717, 1.165) is 43.5 Å². The van der Waals surface area contributed by atoms with Gasteiger partial charge in [0.25, 0.3) is 5.91 Å². The molecule has 0 saturated carbocycles. The molecule has 4 heteroatoms. The maximum absolute atomic E-state index is 11.7. The van der Waals surface area contributed by atoms with E-state index in [1.54, 1.807) is 0 Å². The SMILES string of the molecule is CCCN(C(C)c1ccccc1)[C@H]1Cc2[nH]c(C(N)=O)cc2C2=C1CCC=C2. The molecule has 1 aromatic carbocycles. The highest BCUT2D eigenvalue weighted by atomic mass is 16.1. The predicted molar refractivity (Wildman–Crippen MR) is 114 cm³/mol. The normalized spacial score (nSPS) is 19.5.